The van der Waals surface area contributed by atoms with Gasteiger partial charge in [-0.3, -0.25) is 5.01 Å². The van der Waals surface area contributed by atoms with Gasteiger partial charge in [0.25, 0.3) is 0 Å². The zero-order valence-electron chi connectivity index (χ0n) is 18.9. The van der Waals surface area contributed by atoms with Crippen LogP contribution in [0.1, 0.15) is 57.7 Å². The van der Waals surface area contributed by atoms with Crippen LogP contribution in [0.5, 0.6) is 5.75 Å². The maximum atomic E-state index is 5.38. The SMILES string of the molecule is CCCC(CCC)N1N=C(C)n2nc(-c3ccc(OC)cc3C)c3nc(C)cc1c32. The van der Waals surface area contributed by atoms with Crippen LogP contribution in [-0.4, -0.2) is 33.8 Å². The summed E-state index contributed by atoms with van der Waals surface area (Å²) in [6.07, 6.45) is 4.51. The van der Waals surface area contributed by atoms with E-state index in [1.54, 1.807) is 7.11 Å². The molecule has 0 radical (unpaired) electrons. The summed E-state index contributed by atoms with van der Waals surface area (Å²) in [7, 11) is 1.69. The Morgan fingerprint density at radius 3 is 2.40 bits per heavy atom. The number of rotatable bonds is 7. The summed E-state index contributed by atoms with van der Waals surface area (Å²) in [5.74, 6) is 1.73. The third-order valence-corrected chi connectivity index (χ3v) is 5.82. The van der Waals surface area contributed by atoms with Crippen molar-refractivity contribution in [3.05, 3.63) is 35.5 Å². The van der Waals surface area contributed by atoms with Gasteiger partial charge < -0.3 is 4.74 Å². The van der Waals surface area contributed by atoms with Crippen molar-refractivity contribution in [1.82, 2.24) is 14.8 Å². The van der Waals surface area contributed by atoms with Crippen LogP contribution in [0, 0.1) is 13.8 Å². The van der Waals surface area contributed by atoms with E-state index in [1.807, 2.05) is 23.7 Å². The normalized spacial score (nSPS) is 13.3. The second-order valence-electron chi connectivity index (χ2n) is 8.14. The number of hydrogen-bond donors (Lipinski definition) is 0. The number of benzene rings is 1. The van der Waals surface area contributed by atoms with Gasteiger partial charge in [-0.1, -0.05) is 26.7 Å². The molecule has 0 saturated heterocycles. The largest absolute Gasteiger partial charge is 0.497 e. The fraction of sp³-hybridized carbons (Fsp3) is 0.458. The minimum atomic E-state index is 0.384. The number of hydrogen-bond acceptors (Lipinski definition) is 5. The van der Waals surface area contributed by atoms with E-state index in [-0.39, 0.29) is 0 Å². The maximum absolute atomic E-state index is 5.38. The predicted octanol–water partition coefficient (Wildman–Crippen LogP) is 5.69. The van der Waals surface area contributed by atoms with E-state index in [4.69, 9.17) is 19.9 Å². The van der Waals surface area contributed by atoms with Gasteiger partial charge in [0.15, 0.2) is 0 Å². The van der Waals surface area contributed by atoms with Crippen molar-refractivity contribution in [3.8, 4) is 17.0 Å². The van der Waals surface area contributed by atoms with Crippen LogP contribution < -0.4 is 9.75 Å². The number of ether oxygens (including phenoxy) is 1. The van der Waals surface area contributed by atoms with Crippen LogP contribution >= 0.6 is 0 Å². The summed E-state index contributed by atoms with van der Waals surface area (Å²) >= 11 is 0. The lowest BCUT2D eigenvalue weighted by Crippen LogP contribution is -2.35. The second kappa shape index (κ2) is 8.09. The molecule has 0 N–H and O–H groups in total. The standard InChI is InChI=1S/C24H31N5O/c1-7-9-18(10-8-2)29-21-14-16(4)25-23-22(27-28(24(21)23)17(5)26-29)20-12-11-19(30-6)13-15(20)3/h11-14,18H,7-10H2,1-6H3. The highest BCUT2D eigenvalue weighted by Gasteiger charge is 2.29. The second-order valence-corrected chi connectivity index (χ2v) is 8.14. The number of methoxy groups -OCH3 is 1. The van der Waals surface area contributed by atoms with E-state index >= 15 is 0 Å². The highest BCUT2D eigenvalue weighted by atomic mass is 16.5. The number of pyridine rings is 1. The molecule has 0 amide bonds. The molecule has 3 aromatic rings. The average Bonchev–Trinajstić information content (AvgIpc) is 3.10. The molecule has 2 aromatic heterocycles. The molecule has 1 aliphatic heterocycles. The molecular weight excluding hydrogens is 374 g/mol. The molecule has 0 aliphatic carbocycles. The Bertz CT molecular complexity index is 1110. The van der Waals surface area contributed by atoms with E-state index in [0.29, 0.717) is 6.04 Å². The number of anilines is 1. The summed E-state index contributed by atoms with van der Waals surface area (Å²) in [6, 6.07) is 8.63. The molecule has 3 heterocycles. The first-order valence-electron chi connectivity index (χ1n) is 10.9. The zero-order chi connectivity index (χ0) is 21.4. The lowest BCUT2D eigenvalue weighted by molar-refractivity contribution is 0.414. The van der Waals surface area contributed by atoms with Crippen LogP contribution in [0.2, 0.25) is 0 Å². The average molecular weight is 406 g/mol. The molecule has 0 spiro atoms. The first-order valence-corrected chi connectivity index (χ1v) is 10.9. The van der Waals surface area contributed by atoms with Crippen molar-refractivity contribution in [2.75, 3.05) is 12.1 Å². The molecule has 0 saturated carbocycles. The molecule has 158 valence electrons. The van der Waals surface area contributed by atoms with Crippen molar-refractivity contribution < 1.29 is 4.74 Å². The Hall–Kier alpha value is -2.89. The Balaban J connectivity index is 1.94. The van der Waals surface area contributed by atoms with E-state index in [9.17, 15) is 0 Å². The Morgan fingerprint density at radius 1 is 1.03 bits per heavy atom. The van der Waals surface area contributed by atoms with Gasteiger partial charge in [0.05, 0.1) is 18.8 Å². The van der Waals surface area contributed by atoms with E-state index < -0.39 is 0 Å². The molecule has 0 unspecified atom stereocenters. The van der Waals surface area contributed by atoms with Crippen molar-refractivity contribution in [2.45, 2.75) is 66.3 Å². The van der Waals surface area contributed by atoms with Crippen LogP contribution in [0.4, 0.5) is 5.69 Å². The summed E-state index contributed by atoms with van der Waals surface area (Å²) in [4.78, 5) is 4.92. The first kappa shape index (κ1) is 20.4. The van der Waals surface area contributed by atoms with Crippen molar-refractivity contribution in [3.63, 3.8) is 0 Å². The van der Waals surface area contributed by atoms with Gasteiger partial charge in [-0.25, -0.2) is 9.67 Å². The fourth-order valence-electron chi connectivity index (χ4n) is 4.43. The predicted molar refractivity (Wildman–Crippen MR) is 124 cm³/mol. The fourth-order valence-corrected chi connectivity index (χ4v) is 4.43. The van der Waals surface area contributed by atoms with E-state index in [2.05, 4.69) is 44.8 Å². The van der Waals surface area contributed by atoms with Crippen molar-refractivity contribution in [1.29, 1.82) is 0 Å². The molecule has 0 atom stereocenters. The molecular formula is C24H31N5O. The van der Waals surface area contributed by atoms with E-state index in [1.165, 1.54) is 0 Å². The minimum absolute atomic E-state index is 0.384. The van der Waals surface area contributed by atoms with Crippen molar-refractivity contribution >= 4 is 22.6 Å². The van der Waals surface area contributed by atoms with Gasteiger partial charge in [0.1, 0.15) is 28.3 Å². The molecule has 1 aliphatic rings. The Kier molecular flexibility index (Phi) is 5.50. The van der Waals surface area contributed by atoms with Gasteiger partial charge in [0, 0.05) is 11.3 Å². The Labute approximate surface area is 178 Å². The van der Waals surface area contributed by atoms with E-state index in [0.717, 1.165) is 76.5 Å². The zero-order valence-corrected chi connectivity index (χ0v) is 18.9. The molecule has 30 heavy (non-hydrogen) atoms. The molecule has 6 heteroatoms. The molecule has 6 nitrogen and oxygen atoms in total. The Morgan fingerprint density at radius 2 is 1.77 bits per heavy atom. The van der Waals surface area contributed by atoms with Crippen LogP contribution in [0.15, 0.2) is 29.4 Å². The smallest absolute Gasteiger partial charge is 0.148 e. The highest BCUT2D eigenvalue weighted by Crippen LogP contribution is 2.39. The van der Waals surface area contributed by atoms with Gasteiger partial charge in [-0.2, -0.15) is 10.2 Å². The van der Waals surface area contributed by atoms with Crippen molar-refractivity contribution in [2.24, 2.45) is 5.10 Å². The monoisotopic (exact) mass is 405 g/mol. The summed E-state index contributed by atoms with van der Waals surface area (Å²) in [5, 5.41) is 12.2. The van der Waals surface area contributed by atoms with Gasteiger partial charge >= 0.3 is 0 Å². The molecule has 1 aromatic carbocycles. The lowest BCUT2D eigenvalue weighted by Gasteiger charge is -2.32. The third-order valence-electron chi connectivity index (χ3n) is 5.82. The highest BCUT2D eigenvalue weighted by molar-refractivity contribution is 6.06. The topological polar surface area (TPSA) is 55.5 Å². The summed E-state index contributed by atoms with van der Waals surface area (Å²) < 4.78 is 7.34. The van der Waals surface area contributed by atoms with Crippen LogP contribution in [0.3, 0.4) is 0 Å². The van der Waals surface area contributed by atoms with Gasteiger partial charge in [0.2, 0.25) is 0 Å². The number of nitrogens with zero attached hydrogens (tertiary/aromatic N) is 5. The number of aromatic nitrogens is 3. The number of hydrazone groups is 1. The number of aryl methyl sites for hydroxylation is 2. The van der Waals surface area contributed by atoms with Crippen LogP contribution in [-0.2, 0) is 0 Å². The van der Waals surface area contributed by atoms with Gasteiger partial charge in [-0.05, 0) is 63.4 Å². The molecule has 0 fully saturated rings. The molecule has 0 bridgehead atoms. The molecule has 4 rings (SSSR count). The summed E-state index contributed by atoms with van der Waals surface area (Å²) in [6.45, 7) is 10.7. The summed E-state index contributed by atoms with van der Waals surface area (Å²) in [5.41, 5.74) is 7.17. The lowest BCUT2D eigenvalue weighted by atomic mass is 10.0. The van der Waals surface area contributed by atoms with Crippen LogP contribution in [0.25, 0.3) is 22.3 Å². The maximum Gasteiger partial charge on any atom is 0.148 e. The van der Waals surface area contributed by atoms with Gasteiger partial charge in [-0.15, -0.1) is 0 Å². The minimum Gasteiger partial charge on any atom is -0.497 e. The first-order chi connectivity index (χ1) is 14.5. The third kappa shape index (κ3) is 3.34. The quantitative estimate of drug-likeness (QED) is 0.506.